The molecule has 0 heterocycles. The largest absolute Gasteiger partial charge is 0.481 e. The minimum Gasteiger partial charge on any atom is -0.481 e. The molecule has 0 radical (unpaired) electrons. The Balaban J connectivity index is 3.99. The predicted molar refractivity (Wildman–Crippen MR) is 71.6 cm³/mol. The fraction of sp³-hybridized carbons (Fsp3) is 0.769. The quantitative estimate of drug-likeness (QED) is 0.658. The van der Waals surface area contributed by atoms with Gasteiger partial charge in [-0.1, -0.05) is 20.8 Å². The molecule has 3 N–H and O–H groups in total. The lowest BCUT2D eigenvalue weighted by molar-refractivity contribution is -0.138. The SMILES string of the molecule is CC(C)CC(C)NC(=O)NC(=O)CC(C)CC(=O)O. The van der Waals surface area contributed by atoms with Gasteiger partial charge in [0, 0.05) is 18.9 Å². The van der Waals surface area contributed by atoms with Crippen LogP contribution in [0.2, 0.25) is 0 Å². The first-order valence-corrected chi connectivity index (χ1v) is 6.52. The number of rotatable bonds is 7. The van der Waals surface area contributed by atoms with Crippen LogP contribution in [0.4, 0.5) is 4.79 Å². The lowest BCUT2D eigenvalue weighted by atomic mass is 10.0. The number of carbonyl (C=O) groups is 3. The van der Waals surface area contributed by atoms with Crippen molar-refractivity contribution in [3.8, 4) is 0 Å². The molecule has 0 saturated carbocycles. The number of hydrogen-bond donors (Lipinski definition) is 3. The van der Waals surface area contributed by atoms with Gasteiger partial charge >= 0.3 is 12.0 Å². The summed E-state index contributed by atoms with van der Waals surface area (Å²) in [4.78, 5) is 33.4. The molecule has 0 aromatic rings. The van der Waals surface area contributed by atoms with E-state index in [1.165, 1.54) is 0 Å². The Morgan fingerprint density at radius 3 is 2.11 bits per heavy atom. The van der Waals surface area contributed by atoms with E-state index in [0.29, 0.717) is 5.92 Å². The molecule has 6 nitrogen and oxygen atoms in total. The lowest BCUT2D eigenvalue weighted by Crippen LogP contribution is -2.44. The molecule has 19 heavy (non-hydrogen) atoms. The zero-order chi connectivity index (χ0) is 15.0. The van der Waals surface area contributed by atoms with E-state index >= 15 is 0 Å². The molecule has 0 bridgehead atoms. The third-order valence-corrected chi connectivity index (χ3v) is 2.51. The maximum Gasteiger partial charge on any atom is 0.321 e. The van der Waals surface area contributed by atoms with Crippen molar-refractivity contribution >= 4 is 17.9 Å². The molecule has 0 saturated heterocycles. The van der Waals surface area contributed by atoms with Crippen molar-refractivity contribution in [1.29, 1.82) is 0 Å². The highest BCUT2D eigenvalue weighted by atomic mass is 16.4. The van der Waals surface area contributed by atoms with Crippen LogP contribution in [-0.2, 0) is 9.59 Å². The van der Waals surface area contributed by atoms with Crippen LogP contribution in [0.3, 0.4) is 0 Å². The molecule has 2 atom stereocenters. The fourth-order valence-corrected chi connectivity index (χ4v) is 1.89. The number of imide groups is 1. The topological polar surface area (TPSA) is 95.5 Å². The van der Waals surface area contributed by atoms with E-state index in [-0.39, 0.29) is 24.8 Å². The van der Waals surface area contributed by atoms with Crippen LogP contribution in [0, 0.1) is 11.8 Å². The third-order valence-electron chi connectivity index (χ3n) is 2.51. The number of hydrogen-bond acceptors (Lipinski definition) is 3. The first kappa shape index (κ1) is 17.4. The van der Waals surface area contributed by atoms with Crippen LogP contribution in [0.15, 0.2) is 0 Å². The Morgan fingerprint density at radius 1 is 1.05 bits per heavy atom. The van der Waals surface area contributed by atoms with Gasteiger partial charge in [-0.15, -0.1) is 0 Å². The lowest BCUT2D eigenvalue weighted by Gasteiger charge is -2.16. The number of aliphatic carboxylic acids is 1. The van der Waals surface area contributed by atoms with E-state index in [1.807, 2.05) is 6.92 Å². The molecular formula is C13H24N2O4. The second-order valence-electron chi connectivity index (χ2n) is 5.46. The summed E-state index contributed by atoms with van der Waals surface area (Å²) in [6, 6.07) is -0.537. The van der Waals surface area contributed by atoms with Gasteiger partial charge in [0.25, 0.3) is 0 Å². The Labute approximate surface area is 113 Å². The number of carbonyl (C=O) groups excluding carboxylic acids is 2. The third kappa shape index (κ3) is 10.1. The molecule has 0 spiro atoms. The second kappa shape index (κ2) is 8.50. The average Bonchev–Trinajstić information content (AvgIpc) is 2.12. The highest BCUT2D eigenvalue weighted by Crippen LogP contribution is 2.07. The van der Waals surface area contributed by atoms with Gasteiger partial charge in [-0.25, -0.2) is 4.79 Å². The van der Waals surface area contributed by atoms with Crippen molar-refractivity contribution in [3.63, 3.8) is 0 Å². The highest BCUT2D eigenvalue weighted by molar-refractivity contribution is 5.94. The van der Waals surface area contributed by atoms with Gasteiger partial charge in [-0.2, -0.15) is 0 Å². The molecular weight excluding hydrogens is 248 g/mol. The Morgan fingerprint density at radius 2 is 1.63 bits per heavy atom. The predicted octanol–water partition coefficient (Wildman–Crippen LogP) is 1.75. The minimum atomic E-state index is -0.949. The van der Waals surface area contributed by atoms with Crippen LogP contribution < -0.4 is 10.6 Å². The zero-order valence-corrected chi connectivity index (χ0v) is 12.0. The number of urea groups is 1. The van der Waals surface area contributed by atoms with Gasteiger partial charge in [0.2, 0.25) is 5.91 Å². The molecule has 0 aromatic carbocycles. The van der Waals surface area contributed by atoms with E-state index in [4.69, 9.17) is 5.11 Å². The summed E-state index contributed by atoms with van der Waals surface area (Å²) in [5.41, 5.74) is 0. The summed E-state index contributed by atoms with van der Waals surface area (Å²) in [5, 5.41) is 13.4. The minimum absolute atomic E-state index is 0.00996. The number of nitrogens with one attached hydrogen (secondary N) is 2. The average molecular weight is 272 g/mol. The monoisotopic (exact) mass is 272 g/mol. The van der Waals surface area contributed by atoms with Crippen LogP contribution in [0.25, 0.3) is 0 Å². The van der Waals surface area contributed by atoms with Crippen LogP contribution in [-0.4, -0.2) is 29.1 Å². The van der Waals surface area contributed by atoms with Crippen LogP contribution >= 0.6 is 0 Å². The standard InChI is InChI=1S/C13H24N2O4/c1-8(2)5-10(4)14-13(19)15-11(16)6-9(3)7-12(17)18/h8-10H,5-7H2,1-4H3,(H,17,18)(H2,14,15,16,19). The van der Waals surface area contributed by atoms with E-state index in [9.17, 15) is 14.4 Å². The molecule has 0 aliphatic rings. The van der Waals surface area contributed by atoms with Crippen LogP contribution in [0.1, 0.15) is 47.0 Å². The van der Waals surface area contributed by atoms with Gasteiger partial charge in [-0.05, 0) is 25.2 Å². The van der Waals surface area contributed by atoms with Gasteiger partial charge in [-0.3, -0.25) is 14.9 Å². The summed E-state index contributed by atoms with van der Waals surface area (Å²) in [6.45, 7) is 7.63. The summed E-state index contributed by atoms with van der Waals surface area (Å²) in [5.74, 6) is -1.24. The summed E-state index contributed by atoms with van der Waals surface area (Å²) in [7, 11) is 0. The molecule has 0 rings (SSSR count). The molecule has 0 aromatic heterocycles. The fourth-order valence-electron chi connectivity index (χ4n) is 1.89. The van der Waals surface area contributed by atoms with Crippen LogP contribution in [0.5, 0.6) is 0 Å². The highest BCUT2D eigenvalue weighted by Gasteiger charge is 2.15. The Bertz CT molecular complexity index is 329. The maximum atomic E-state index is 11.5. The maximum absolute atomic E-state index is 11.5. The molecule has 0 aliphatic carbocycles. The van der Waals surface area contributed by atoms with E-state index in [0.717, 1.165) is 6.42 Å². The van der Waals surface area contributed by atoms with Crippen molar-refractivity contribution in [2.75, 3.05) is 0 Å². The molecule has 3 amide bonds. The van der Waals surface area contributed by atoms with Crippen molar-refractivity contribution in [3.05, 3.63) is 0 Å². The van der Waals surface area contributed by atoms with Crippen molar-refractivity contribution < 1.29 is 19.5 Å². The first-order chi connectivity index (χ1) is 8.70. The molecule has 0 fully saturated rings. The smallest absolute Gasteiger partial charge is 0.321 e. The molecule has 110 valence electrons. The summed E-state index contributed by atoms with van der Waals surface area (Å²) < 4.78 is 0. The van der Waals surface area contributed by atoms with Gasteiger partial charge in [0.15, 0.2) is 0 Å². The summed E-state index contributed by atoms with van der Waals surface area (Å²) in [6.07, 6.45) is 0.772. The van der Waals surface area contributed by atoms with E-state index in [2.05, 4.69) is 24.5 Å². The number of carboxylic acids is 1. The second-order valence-corrected chi connectivity index (χ2v) is 5.46. The van der Waals surface area contributed by atoms with Crippen molar-refractivity contribution in [2.24, 2.45) is 11.8 Å². The Hall–Kier alpha value is -1.59. The van der Waals surface area contributed by atoms with Crippen molar-refractivity contribution in [1.82, 2.24) is 10.6 Å². The first-order valence-electron chi connectivity index (χ1n) is 6.52. The van der Waals surface area contributed by atoms with Gasteiger partial charge in [0.05, 0.1) is 0 Å². The van der Waals surface area contributed by atoms with E-state index < -0.39 is 17.9 Å². The Kier molecular flexibility index (Phi) is 7.79. The molecule has 0 aliphatic heterocycles. The summed E-state index contributed by atoms with van der Waals surface area (Å²) >= 11 is 0. The number of carboxylic acid groups (broad SMARTS) is 1. The zero-order valence-electron chi connectivity index (χ0n) is 12.0. The number of amides is 3. The molecule has 6 heteroatoms. The van der Waals surface area contributed by atoms with Gasteiger partial charge < -0.3 is 10.4 Å². The van der Waals surface area contributed by atoms with Crippen molar-refractivity contribution in [2.45, 2.75) is 53.0 Å². The van der Waals surface area contributed by atoms with E-state index in [1.54, 1.807) is 6.92 Å². The van der Waals surface area contributed by atoms with Gasteiger partial charge in [0.1, 0.15) is 0 Å². The normalized spacial score (nSPS) is 13.7. The molecule has 2 unspecified atom stereocenters.